The van der Waals surface area contributed by atoms with Gasteiger partial charge in [-0.3, -0.25) is 4.79 Å². The Hall–Kier alpha value is -1.39. The van der Waals surface area contributed by atoms with Crippen LogP contribution in [0.5, 0.6) is 0 Å². The molecule has 1 amide bonds. The van der Waals surface area contributed by atoms with Gasteiger partial charge < -0.3 is 15.4 Å². The number of nitrogens with one attached hydrogen (secondary N) is 2. The molecule has 0 aromatic heterocycles. The standard InChI is InChI=1S/C15H24N2O2/c1-15(2,3)17-11-12-6-5-7-13(10-12)14(18)16-8-9-19-4/h5-7,10,17H,8-9,11H2,1-4H3,(H,16,18). The van der Waals surface area contributed by atoms with Crippen LogP contribution in [0.25, 0.3) is 0 Å². The second kappa shape index (κ2) is 7.26. The van der Waals surface area contributed by atoms with Crippen molar-refractivity contribution in [1.29, 1.82) is 0 Å². The third kappa shape index (κ3) is 6.36. The van der Waals surface area contributed by atoms with Gasteiger partial charge in [0.25, 0.3) is 5.91 Å². The highest BCUT2D eigenvalue weighted by Gasteiger charge is 2.10. The van der Waals surface area contributed by atoms with E-state index in [1.165, 1.54) is 0 Å². The molecular weight excluding hydrogens is 240 g/mol. The highest BCUT2D eigenvalue weighted by Crippen LogP contribution is 2.07. The first-order chi connectivity index (χ1) is 8.92. The Morgan fingerprint density at radius 3 is 2.68 bits per heavy atom. The third-order valence-electron chi connectivity index (χ3n) is 2.60. The van der Waals surface area contributed by atoms with Crippen molar-refractivity contribution >= 4 is 5.91 Å². The molecule has 4 heteroatoms. The molecule has 4 nitrogen and oxygen atoms in total. The summed E-state index contributed by atoms with van der Waals surface area (Å²) in [5, 5.41) is 6.22. The summed E-state index contributed by atoms with van der Waals surface area (Å²) < 4.78 is 4.90. The molecule has 0 saturated heterocycles. The van der Waals surface area contributed by atoms with Gasteiger partial charge in [-0.2, -0.15) is 0 Å². The van der Waals surface area contributed by atoms with Gasteiger partial charge >= 0.3 is 0 Å². The highest BCUT2D eigenvalue weighted by molar-refractivity contribution is 5.94. The van der Waals surface area contributed by atoms with Crippen LogP contribution in [0.3, 0.4) is 0 Å². The fourth-order valence-electron chi connectivity index (χ4n) is 1.56. The van der Waals surface area contributed by atoms with E-state index in [-0.39, 0.29) is 11.4 Å². The van der Waals surface area contributed by atoms with E-state index in [2.05, 4.69) is 31.4 Å². The van der Waals surface area contributed by atoms with Crippen LogP contribution in [0, 0.1) is 0 Å². The number of hydrogen-bond acceptors (Lipinski definition) is 3. The van der Waals surface area contributed by atoms with Gasteiger partial charge in [-0.25, -0.2) is 0 Å². The quantitative estimate of drug-likeness (QED) is 0.772. The second-order valence-corrected chi connectivity index (χ2v) is 5.55. The molecule has 1 rings (SSSR count). The Morgan fingerprint density at radius 2 is 2.05 bits per heavy atom. The summed E-state index contributed by atoms with van der Waals surface area (Å²) in [5.74, 6) is -0.0605. The Labute approximate surface area is 115 Å². The van der Waals surface area contributed by atoms with E-state index in [0.717, 1.165) is 12.1 Å². The monoisotopic (exact) mass is 264 g/mol. The van der Waals surface area contributed by atoms with Crippen LogP contribution >= 0.6 is 0 Å². The number of hydrogen-bond donors (Lipinski definition) is 2. The van der Waals surface area contributed by atoms with Crippen LogP contribution < -0.4 is 10.6 Å². The lowest BCUT2D eigenvalue weighted by Gasteiger charge is -2.20. The van der Waals surface area contributed by atoms with Crippen molar-refractivity contribution < 1.29 is 9.53 Å². The fourth-order valence-corrected chi connectivity index (χ4v) is 1.56. The minimum atomic E-state index is -0.0605. The summed E-state index contributed by atoms with van der Waals surface area (Å²) in [6.45, 7) is 8.16. The molecule has 0 saturated carbocycles. The average Bonchev–Trinajstić information content (AvgIpc) is 2.36. The second-order valence-electron chi connectivity index (χ2n) is 5.55. The van der Waals surface area contributed by atoms with E-state index in [1.54, 1.807) is 7.11 Å². The van der Waals surface area contributed by atoms with E-state index >= 15 is 0 Å². The van der Waals surface area contributed by atoms with Crippen molar-refractivity contribution in [2.45, 2.75) is 32.9 Å². The normalized spacial score (nSPS) is 11.4. The zero-order valence-corrected chi connectivity index (χ0v) is 12.2. The number of carbonyl (C=O) groups excluding carboxylic acids is 1. The van der Waals surface area contributed by atoms with Crippen LogP contribution in [0.1, 0.15) is 36.7 Å². The van der Waals surface area contributed by atoms with Gasteiger partial charge in [0.1, 0.15) is 0 Å². The number of rotatable bonds is 6. The lowest BCUT2D eigenvalue weighted by atomic mass is 10.1. The molecule has 0 radical (unpaired) electrons. The summed E-state index contributed by atoms with van der Waals surface area (Å²) in [6.07, 6.45) is 0. The average molecular weight is 264 g/mol. The molecule has 0 atom stereocenters. The van der Waals surface area contributed by atoms with Crippen molar-refractivity contribution in [3.63, 3.8) is 0 Å². The maximum atomic E-state index is 11.9. The minimum absolute atomic E-state index is 0.0605. The van der Waals surface area contributed by atoms with Gasteiger partial charge in [-0.1, -0.05) is 12.1 Å². The van der Waals surface area contributed by atoms with Crippen molar-refractivity contribution in [2.24, 2.45) is 0 Å². The summed E-state index contributed by atoms with van der Waals surface area (Å²) in [4.78, 5) is 11.9. The predicted octanol–water partition coefficient (Wildman–Crippen LogP) is 1.95. The predicted molar refractivity (Wildman–Crippen MR) is 77.2 cm³/mol. The Bertz CT molecular complexity index is 411. The molecule has 0 bridgehead atoms. The molecule has 0 fully saturated rings. The number of amides is 1. The minimum Gasteiger partial charge on any atom is -0.383 e. The summed E-state index contributed by atoms with van der Waals surface area (Å²) in [6, 6.07) is 7.67. The van der Waals surface area contributed by atoms with E-state index in [9.17, 15) is 4.79 Å². The smallest absolute Gasteiger partial charge is 0.251 e. The molecule has 1 aromatic carbocycles. The van der Waals surface area contributed by atoms with Gasteiger partial charge in [0.15, 0.2) is 0 Å². The third-order valence-corrected chi connectivity index (χ3v) is 2.60. The first-order valence-electron chi connectivity index (χ1n) is 6.53. The number of carbonyl (C=O) groups is 1. The topological polar surface area (TPSA) is 50.4 Å². The van der Waals surface area contributed by atoms with E-state index < -0.39 is 0 Å². The van der Waals surface area contributed by atoms with E-state index in [4.69, 9.17) is 4.74 Å². The molecule has 19 heavy (non-hydrogen) atoms. The maximum Gasteiger partial charge on any atom is 0.251 e. The number of benzene rings is 1. The van der Waals surface area contributed by atoms with Gasteiger partial charge in [-0.05, 0) is 38.5 Å². The van der Waals surface area contributed by atoms with Gasteiger partial charge in [0.05, 0.1) is 6.61 Å². The van der Waals surface area contributed by atoms with Crippen molar-refractivity contribution in [2.75, 3.05) is 20.3 Å². The van der Waals surface area contributed by atoms with Crippen LogP contribution in [-0.4, -0.2) is 31.7 Å². The van der Waals surface area contributed by atoms with Crippen LogP contribution in [0.15, 0.2) is 24.3 Å². The molecule has 0 aliphatic heterocycles. The van der Waals surface area contributed by atoms with Crippen molar-refractivity contribution in [1.82, 2.24) is 10.6 Å². The molecule has 106 valence electrons. The van der Waals surface area contributed by atoms with Crippen LogP contribution in [0.2, 0.25) is 0 Å². The lowest BCUT2D eigenvalue weighted by Crippen LogP contribution is -2.35. The molecule has 0 aliphatic rings. The summed E-state index contributed by atoms with van der Waals surface area (Å²) in [5.41, 5.74) is 1.86. The molecule has 2 N–H and O–H groups in total. The molecule has 0 aliphatic carbocycles. The first kappa shape index (κ1) is 15.7. The van der Waals surface area contributed by atoms with Gasteiger partial charge in [0.2, 0.25) is 0 Å². The molecule has 0 unspecified atom stereocenters. The van der Waals surface area contributed by atoms with E-state index in [0.29, 0.717) is 18.7 Å². The first-order valence-corrected chi connectivity index (χ1v) is 6.53. The molecule has 0 spiro atoms. The molecule has 0 heterocycles. The van der Waals surface area contributed by atoms with Crippen molar-refractivity contribution in [3.8, 4) is 0 Å². The SMILES string of the molecule is COCCNC(=O)c1cccc(CNC(C)(C)C)c1. The number of methoxy groups -OCH3 is 1. The number of ether oxygens (including phenoxy) is 1. The highest BCUT2D eigenvalue weighted by atomic mass is 16.5. The van der Waals surface area contributed by atoms with Crippen LogP contribution in [-0.2, 0) is 11.3 Å². The lowest BCUT2D eigenvalue weighted by molar-refractivity contribution is 0.0937. The molecular formula is C15H24N2O2. The zero-order valence-electron chi connectivity index (χ0n) is 12.2. The Morgan fingerprint density at radius 1 is 1.32 bits per heavy atom. The van der Waals surface area contributed by atoms with Crippen molar-refractivity contribution in [3.05, 3.63) is 35.4 Å². The Kier molecular flexibility index (Phi) is 5.99. The van der Waals surface area contributed by atoms with E-state index in [1.807, 2.05) is 24.3 Å². The van der Waals surface area contributed by atoms with Gasteiger partial charge in [-0.15, -0.1) is 0 Å². The Balaban J connectivity index is 2.58. The largest absolute Gasteiger partial charge is 0.383 e. The summed E-state index contributed by atoms with van der Waals surface area (Å²) in [7, 11) is 1.62. The molecule has 1 aromatic rings. The fraction of sp³-hybridized carbons (Fsp3) is 0.533. The zero-order chi connectivity index (χ0) is 14.3. The maximum absolute atomic E-state index is 11.9. The van der Waals surface area contributed by atoms with Gasteiger partial charge in [0, 0.05) is 31.3 Å². The van der Waals surface area contributed by atoms with Crippen LogP contribution in [0.4, 0.5) is 0 Å². The summed E-state index contributed by atoms with van der Waals surface area (Å²) >= 11 is 0.